The number of nitrogens with one attached hydrogen (secondary N) is 1. The minimum absolute atomic E-state index is 0.000940. The molecule has 9 heteroatoms. The van der Waals surface area contributed by atoms with Crippen LogP contribution >= 0.6 is 15.9 Å². The molecule has 0 spiro atoms. The largest absolute Gasteiger partial charge is 0.396 e. The van der Waals surface area contributed by atoms with Crippen LogP contribution in [-0.4, -0.2) is 42.0 Å². The standard InChI is InChI=1S/C11H19BrN4O3S/c1-8(2)16(4-3-5-17)20(18,19)10-6-9(12)7-14-11(10)15-13/h6-8,17H,3-5,13H2,1-2H3,(H,14,15). The summed E-state index contributed by atoms with van der Waals surface area (Å²) in [6, 6.07) is 1.21. The molecule has 0 saturated carbocycles. The van der Waals surface area contributed by atoms with Gasteiger partial charge in [-0.25, -0.2) is 19.2 Å². The van der Waals surface area contributed by atoms with Gasteiger partial charge in [-0.05, 0) is 42.3 Å². The molecule has 0 unspecified atom stereocenters. The zero-order valence-electron chi connectivity index (χ0n) is 11.4. The van der Waals surface area contributed by atoms with Gasteiger partial charge in [-0.15, -0.1) is 0 Å². The van der Waals surface area contributed by atoms with Crippen LogP contribution in [0.15, 0.2) is 21.6 Å². The lowest BCUT2D eigenvalue weighted by atomic mass is 10.3. The maximum absolute atomic E-state index is 12.7. The summed E-state index contributed by atoms with van der Waals surface area (Å²) in [7, 11) is -3.75. The van der Waals surface area contributed by atoms with Gasteiger partial charge in [-0.2, -0.15) is 4.31 Å². The van der Waals surface area contributed by atoms with E-state index in [0.717, 1.165) is 0 Å². The SMILES string of the molecule is CC(C)N(CCCO)S(=O)(=O)c1cc(Br)cnc1NN. The molecule has 0 radical (unpaired) electrons. The van der Waals surface area contributed by atoms with Crippen LogP contribution in [0.5, 0.6) is 0 Å². The third-order valence-electron chi connectivity index (χ3n) is 2.66. The van der Waals surface area contributed by atoms with Crippen LogP contribution in [0.4, 0.5) is 5.82 Å². The number of nitrogen functional groups attached to an aromatic ring is 1. The first-order valence-electron chi connectivity index (χ1n) is 6.09. The molecule has 114 valence electrons. The zero-order valence-corrected chi connectivity index (χ0v) is 13.8. The van der Waals surface area contributed by atoms with E-state index in [-0.39, 0.29) is 29.9 Å². The monoisotopic (exact) mass is 366 g/mol. The summed E-state index contributed by atoms with van der Waals surface area (Å²) in [5.74, 6) is 5.41. The molecule has 0 fully saturated rings. The van der Waals surface area contributed by atoms with Crippen molar-refractivity contribution in [1.82, 2.24) is 9.29 Å². The molecule has 0 amide bonds. The number of anilines is 1. The van der Waals surface area contributed by atoms with E-state index in [2.05, 4.69) is 26.3 Å². The highest BCUT2D eigenvalue weighted by atomic mass is 79.9. The number of hydrogen-bond acceptors (Lipinski definition) is 6. The molecule has 1 aromatic heterocycles. The molecule has 0 aliphatic carbocycles. The minimum atomic E-state index is -3.75. The molecule has 1 heterocycles. The third kappa shape index (κ3) is 3.89. The first-order valence-corrected chi connectivity index (χ1v) is 8.32. The molecule has 0 bridgehead atoms. The fraction of sp³-hybridized carbons (Fsp3) is 0.545. The number of hydrogen-bond donors (Lipinski definition) is 3. The van der Waals surface area contributed by atoms with E-state index in [1.807, 2.05) is 0 Å². The first kappa shape index (κ1) is 17.3. The Hall–Kier alpha value is -0.740. The van der Waals surface area contributed by atoms with Gasteiger partial charge in [0.05, 0.1) is 0 Å². The average molecular weight is 367 g/mol. The highest BCUT2D eigenvalue weighted by molar-refractivity contribution is 9.10. The molecule has 7 nitrogen and oxygen atoms in total. The van der Waals surface area contributed by atoms with E-state index in [4.69, 9.17) is 10.9 Å². The zero-order chi connectivity index (χ0) is 15.3. The topological polar surface area (TPSA) is 109 Å². The van der Waals surface area contributed by atoms with Crippen molar-refractivity contribution in [2.75, 3.05) is 18.6 Å². The van der Waals surface area contributed by atoms with Crippen molar-refractivity contribution in [3.8, 4) is 0 Å². The second-order valence-electron chi connectivity index (χ2n) is 4.43. The summed E-state index contributed by atoms with van der Waals surface area (Å²) < 4.78 is 27.3. The van der Waals surface area contributed by atoms with E-state index in [0.29, 0.717) is 10.9 Å². The van der Waals surface area contributed by atoms with Crippen molar-refractivity contribution >= 4 is 31.8 Å². The number of aliphatic hydroxyl groups excluding tert-OH is 1. The first-order chi connectivity index (χ1) is 9.34. The fourth-order valence-corrected chi connectivity index (χ4v) is 4.03. The van der Waals surface area contributed by atoms with Crippen LogP contribution in [0, 0.1) is 0 Å². The highest BCUT2D eigenvalue weighted by Crippen LogP contribution is 2.26. The van der Waals surface area contributed by atoms with Crippen molar-refractivity contribution < 1.29 is 13.5 Å². The predicted octanol–water partition coefficient (Wildman–Crippen LogP) is 0.911. The van der Waals surface area contributed by atoms with Crippen molar-refractivity contribution in [3.63, 3.8) is 0 Å². The Morgan fingerprint density at radius 1 is 1.55 bits per heavy atom. The van der Waals surface area contributed by atoms with Gasteiger partial charge in [0.1, 0.15) is 4.90 Å². The minimum Gasteiger partial charge on any atom is -0.396 e. The maximum atomic E-state index is 12.7. The van der Waals surface area contributed by atoms with Gasteiger partial charge >= 0.3 is 0 Å². The smallest absolute Gasteiger partial charge is 0.247 e. The molecular weight excluding hydrogens is 348 g/mol. The summed E-state index contributed by atoms with van der Waals surface area (Å²) in [5, 5.41) is 8.90. The van der Waals surface area contributed by atoms with Crippen molar-refractivity contribution in [3.05, 3.63) is 16.7 Å². The number of halogens is 1. The number of nitrogens with zero attached hydrogens (tertiary/aromatic N) is 2. The van der Waals surface area contributed by atoms with E-state index < -0.39 is 10.0 Å². The lowest BCUT2D eigenvalue weighted by Gasteiger charge is -2.26. The summed E-state index contributed by atoms with van der Waals surface area (Å²) in [5.41, 5.74) is 2.29. The number of sulfonamides is 1. The van der Waals surface area contributed by atoms with E-state index in [1.54, 1.807) is 13.8 Å². The van der Waals surface area contributed by atoms with Gasteiger partial charge in [0.2, 0.25) is 10.0 Å². The lowest BCUT2D eigenvalue weighted by molar-refractivity contribution is 0.258. The van der Waals surface area contributed by atoms with E-state index in [1.165, 1.54) is 16.6 Å². The number of nitrogens with two attached hydrogens (primary N) is 1. The molecule has 0 aliphatic heterocycles. The second-order valence-corrected chi connectivity index (χ2v) is 7.21. The third-order valence-corrected chi connectivity index (χ3v) is 5.18. The highest BCUT2D eigenvalue weighted by Gasteiger charge is 2.29. The van der Waals surface area contributed by atoms with Gasteiger partial charge in [0.25, 0.3) is 0 Å². The Morgan fingerprint density at radius 3 is 2.70 bits per heavy atom. The summed E-state index contributed by atoms with van der Waals surface area (Å²) in [6.45, 7) is 3.70. The van der Waals surface area contributed by atoms with Gasteiger partial charge in [0.15, 0.2) is 5.82 Å². The normalized spacial score (nSPS) is 12.2. The van der Waals surface area contributed by atoms with Gasteiger partial charge < -0.3 is 10.5 Å². The quantitative estimate of drug-likeness (QED) is 0.488. The molecule has 0 aromatic carbocycles. The van der Waals surface area contributed by atoms with Crippen LogP contribution in [-0.2, 0) is 10.0 Å². The number of aliphatic hydroxyl groups is 1. The fourth-order valence-electron chi connectivity index (χ4n) is 1.73. The number of pyridine rings is 1. The molecule has 0 aliphatic rings. The van der Waals surface area contributed by atoms with Crippen LogP contribution < -0.4 is 11.3 Å². The summed E-state index contributed by atoms with van der Waals surface area (Å²) >= 11 is 3.20. The summed E-state index contributed by atoms with van der Waals surface area (Å²) in [4.78, 5) is 3.95. The van der Waals surface area contributed by atoms with E-state index >= 15 is 0 Å². The molecule has 4 N–H and O–H groups in total. The number of hydrazine groups is 1. The summed E-state index contributed by atoms with van der Waals surface area (Å²) in [6.07, 6.45) is 1.83. The van der Waals surface area contributed by atoms with Crippen LogP contribution in [0.2, 0.25) is 0 Å². The van der Waals surface area contributed by atoms with Gasteiger partial charge in [-0.3, -0.25) is 0 Å². The van der Waals surface area contributed by atoms with Crippen LogP contribution in [0.1, 0.15) is 20.3 Å². The Kier molecular flexibility index (Phi) is 6.34. The Bertz CT molecular complexity index is 551. The van der Waals surface area contributed by atoms with Crippen molar-refractivity contribution in [1.29, 1.82) is 0 Å². The maximum Gasteiger partial charge on any atom is 0.247 e. The van der Waals surface area contributed by atoms with Crippen LogP contribution in [0.25, 0.3) is 0 Å². The number of rotatable bonds is 7. The van der Waals surface area contributed by atoms with Crippen molar-refractivity contribution in [2.45, 2.75) is 31.2 Å². The molecule has 0 saturated heterocycles. The second kappa shape index (κ2) is 7.32. The molecule has 20 heavy (non-hydrogen) atoms. The Labute approximate surface area is 127 Å². The molecule has 1 rings (SSSR count). The van der Waals surface area contributed by atoms with E-state index in [9.17, 15) is 8.42 Å². The van der Waals surface area contributed by atoms with Gasteiger partial charge in [-0.1, -0.05) is 0 Å². The van der Waals surface area contributed by atoms with Crippen molar-refractivity contribution in [2.24, 2.45) is 5.84 Å². The Balaban J connectivity index is 3.28. The predicted molar refractivity (Wildman–Crippen MR) is 80.5 cm³/mol. The lowest BCUT2D eigenvalue weighted by Crippen LogP contribution is -2.38. The number of aromatic nitrogens is 1. The Morgan fingerprint density at radius 2 is 2.20 bits per heavy atom. The molecule has 1 aromatic rings. The average Bonchev–Trinajstić information content (AvgIpc) is 2.38. The van der Waals surface area contributed by atoms with Gasteiger partial charge in [0, 0.05) is 29.9 Å². The molecular formula is C11H19BrN4O3S. The van der Waals surface area contributed by atoms with Crippen LogP contribution in [0.3, 0.4) is 0 Å². The molecule has 0 atom stereocenters.